The maximum atomic E-state index is 13.7. The van der Waals surface area contributed by atoms with Gasteiger partial charge in [0.25, 0.3) is 0 Å². The number of nitrogens with one attached hydrogen (secondary N) is 3. The van der Waals surface area contributed by atoms with Gasteiger partial charge in [-0.25, -0.2) is 4.79 Å². The van der Waals surface area contributed by atoms with Gasteiger partial charge in [0, 0.05) is 47.1 Å². The van der Waals surface area contributed by atoms with E-state index >= 15 is 0 Å². The highest BCUT2D eigenvalue weighted by atomic mass is 32.1. The van der Waals surface area contributed by atoms with Gasteiger partial charge in [-0.2, -0.15) is 0 Å². The zero-order valence-electron chi connectivity index (χ0n) is 35.8. The molecular weight excluding hydrogens is 921 g/mol. The first-order valence-electron chi connectivity index (χ1n) is 21.7. The highest BCUT2D eigenvalue weighted by Crippen LogP contribution is 2.57. The molecule has 3 fully saturated rings. The first kappa shape index (κ1) is 49.5. The Labute approximate surface area is 392 Å². The van der Waals surface area contributed by atoms with E-state index in [1.807, 2.05) is 0 Å². The van der Waals surface area contributed by atoms with E-state index in [0.717, 1.165) is 0 Å². The molecule has 0 bridgehead atoms. The third-order valence-electron chi connectivity index (χ3n) is 12.8. The molecule has 0 aromatic heterocycles. The third kappa shape index (κ3) is 9.05. The van der Waals surface area contributed by atoms with Gasteiger partial charge in [-0.3, -0.25) is 4.79 Å². The Hall–Kier alpha value is -4.91. The molecule has 1 saturated carbocycles. The van der Waals surface area contributed by atoms with E-state index in [2.05, 4.69) is 16.0 Å². The Morgan fingerprint density at radius 1 is 0.794 bits per heavy atom. The number of amides is 1. The van der Waals surface area contributed by atoms with E-state index in [-0.39, 0.29) is 65.3 Å². The lowest BCUT2D eigenvalue weighted by Gasteiger charge is -2.49. The zero-order chi connectivity index (χ0) is 48.9. The standard InChI is InChI=1S/C43H54N6O18S/c44-8-7-24(53)38(60)48-23-12-22(46)36(65-41-34(58)33(57)31(55)27(13-45)63-41)35(59)37(23)66-40-32(56)29(30(54)28(14-50)64-40)49-42(68)47-15-1-4-19-18(9-15)39(61)67-43(19)20-5-2-16(51)10-25(20)62-26-11-17(52)3-6-21(26)43/h1-6,9-11,22-24,27-37,40-41,50-59H,7-8,12-14,44-46H2,(H,48,60)(H2,47,49,68)/t22?,23?,24-,27?,28?,29?,30?,31?,32?,33?,34?,35?,36?,37?,40?,41?/m0/s1. The predicted octanol–water partition coefficient (Wildman–Crippen LogP) is -4.42. The smallest absolute Gasteiger partial charge is 0.340 e. The molecule has 25 heteroatoms. The van der Waals surface area contributed by atoms with E-state index in [1.165, 1.54) is 30.3 Å². The Bertz CT molecular complexity index is 2320. The van der Waals surface area contributed by atoms with Crippen molar-refractivity contribution < 1.29 is 89.1 Å². The molecule has 24 nitrogen and oxygen atoms in total. The molecule has 5 aliphatic rings. The number of anilines is 1. The number of carbonyl (C=O) groups is 2. The van der Waals surface area contributed by atoms with Gasteiger partial charge < -0.3 is 113 Å². The average Bonchev–Trinajstić information content (AvgIpc) is 3.58. The van der Waals surface area contributed by atoms with Crippen LogP contribution in [0, 0.1) is 0 Å². The molecule has 1 spiro atoms. The fourth-order valence-electron chi connectivity index (χ4n) is 9.31. The molecule has 4 heterocycles. The van der Waals surface area contributed by atoms with E-state index < -0.39 is 122 Å². The number of ether oxygens (including phenoxy) is 6. The first-order chi connectivity index (χ1) is 32.4. The van der Waals surface area contributed by atoms with Crippen LogP contribution in [0.25, 0.3) is 0 Å². The molecular formula is C43H54N6O18S. The maximum Gasteiger partial charge on any atom is 0.340 e. The van der Waals surface area contributed by atoms with Crippen LogP contribution in [0.15, 0.2) is 54.6 Å². The number of fused-ring (bicyclic) bond motifs is 6. The minimum absolute atomic E-state index is 0.0531. The number of benzene rings is 3. The van der Waals surface area contributed by atoms with Crippen LogP contribution >= 0.6 is 12.2 Å². The van der Waals surface area contributed by atoms with Crippen molar-refractivity contribution in [2.45, 2.75) is 116 Å². The van der Waals surface area contributed by atoms with Gasteiger partial charge in [0.05, 0.1) is 24.3 Å². The molecule has 1 aliphatic carbocycles. The number of carbonyl (C=O) groups excluding carboxylic acids is 2. The van der Waals surface area contributed by atoms with Gasteiger partial charge in [-0.1, -0.05) is 6.07 Å². The Kier molecular flexibility index (Phi) is 14.4. The predicted molar refractivity (Wildman–Crippen MR) is 235 cm³/mol. The second kappa shape index (κ2) is 19.8. The van der Waals surface area contributed by atoms with Crippen LogP contribution in [0.4, 0.5) is 5.69 Å². The van der Waals surface area contributed by atoms with Crippen LogP contribution in [0.3, 0.4) is 0 Å². The molecule has 1 amide bonds. The van der Waals surface area contributed by atoms with Crippen molar-refractivity contribution in [3.63, 3.8) is 0 Å². The van der Waals surface area contributed by atoms with Crippen LogP contribution in [0.2, 0.25) is 0 Å². The molecule has 3 aromatic carbocycles. The lowest BCUT2D eigenvalue weighted by Crippen LogP contribution is -2.70. The third-order valence-corrected chi connectivity index (χ3v) is 13.0. The molecule has 4 aliphatic heterocycles. The van der Waals surface area contributed by atoms with E-state index in [9.17, 15) is 60.7 Å². The minimum Gasteiger partial charge on any atom is -0.508 e. The second-order valence-electron chi connectivity index (χ2n) is 17.2. The summed E-state index contributed by atoms with van der Waals surface area (Å²) in [6, 6.07) is 9.44. The Balaban J connectivity index is 1.02. The number of nitrogens with two attached hydrogens (primary N) is 3. The van der Waals surface area contributed by atoms with Gasteiger partial charge in [0.15, 0.2) is 23.3 Å². The van der Waals surface area contributed by atoms with Gasteiger partial charge in [0.1, 0.15) is 90.1 Å². The van der Waals surface area contributed by atoms with Gasteiger partial charge in [0.2, 0.25) is 5.91 Å². The molecule has 68 heavy (non-hydrogen) atoms. The van der Waals surface area contributed by atoms with Crippen LogP contribution < -0.4 is 37.9 Å². The van der Waals surface area contributed by atoms with Crippen LogP contribution in [0.1, 0.15) is 39.9 Å². The van der Waals surface area contributed by atoms with Crippen molar-refractivity contribution in [1.82, 2.24) is 10.6 Å². The summed E-state index contributed by atoms with van der Waals surface area (Å²) >= 11 is 5.59. The van der Waals surface area contributed by atoms with Crippen molar-refractivity contribution in [3.05, 3.63) is 76.9 Å². The van der Waals surface area contributed by atoms with Crippen LogP contribution in [-0.4, -0.2) is 186 Å². The Morgan fingerprint density at radius 2 is 1.41 bits per heavy atom. The number of aliphatic hydroxyl groups excluding tert-OH is 8. The molecule has 16 atom stereocenters. The summed E-state index contributed by atoms with van der Waals surface area (Å²) in [7, 11) is 0. The fraction of sp³-hybridized carbons (Fsp3) is 0.512. The lowest BCUT2D eigenvalue weighted by molar-refractivity contribution is -0.333. The van der Waals surface area contributed by atoms with Crippen molar-refractivity contribution in [3.8, 4) is 23.0 Å². The molecule has 0 radical (unpaired) electrons. The largest absolute Gasteiger partial charge is 0.508 e. The van der Waals surface area contributed by atoms with Crippen LogP contribution in [0.5, 0.6) is 23.0 Å². The maximum absolute atomic E-state index is 13.7. The van der Waals surface area contributed by atoms with Crippen molar-refractivity contribution in [2.75, 3.05) is 25.0 Å². The molecule has 8 rings (SSSR count). The number of hydrogen-bond donors (Lipinski definition) is 16. The number of esters is 1. The van der Waals surface area contributed by atoms with Gasteiger partial charge in [-0.15, -0.1) is 0 Å². The summed E-state index contributed by atoms with van der Waals surface area (Å²) in [4.78, 5) is 26.8. The Morgan fingerprint density at radius 3 is 2.04 bits per heavy atom. The quantitative estimate of drug-likeness (QED) is 0.0602. The molecule has 3 aromatic rings. The van der Waals surface area contributed by atoms with Crippen LogP contribution in [-0.2, 0) is 34.1 Å². The number of aliphatic hydroxyl groups is 8. The summed E-state index contributed by atoms with van der Waals surface area (Å²) in [5.74, 6) is -1.51. The van der Waals surface area contributed by atoms with Crippen molar-refractivity contribution in [2.24, 2.45) is 17.2 Å². The normalized spacial score (nSPS) is 34.1. The van der Waals surface area contributed by atoms with E-state index in [0.29, 0.717) is 16.7 Å². The zero-order valence-corrected chi connectivity index (χ0v) is 36.7. The number of aromatic hydroxyl groups is 2. The van der Waals surface area contributed by atoms with E-state index in [1.54, 1.807) is 24.3 Å². The minimum atomic E-state index is -1.86. The SMILES string of the molecule is NCC[C@H](O)C(=O)NC1CC(N)C(OC2OC(CN)C(O)C(O)C2O)C(O)C1OC1OC(CO)C(O)C(NC(=S)Nc2ccc3c(c2)C(=O)OC32c3ccc(O)cc3Oc3cc(O)ccc32)C1O. The number of phenols is 2. The number of rotatable bonds is 12. The van der Waals surface area contributed by atoms with Gasteiger partial charge in [-0.05, 0) is 68.0 Å². The first-order valence-corrected chi connectivity index (χ1v) is 22.1. The van der Waals surface area contributed by atoms with Crippen molar-refractivity contribution >= 4 is 34.9 Å². The monoisotopic (exact) mass is 974 g/mol. The average molecular weight is 975 g/mol. The highest BCUT2D eigenvalue weighted by molar-refractivity contribution is 7.80. The summed E-state index contributed by atoms with van der Waals surface area (Å²) in [5, 5.41) is 116. The molecule has 370 valence electrons. The summed E-state index contributed by atoms with van der Waals surface area (Å²) in [6.07, 6.45) is -21.8. The van der Waals surface area contributed by atoms with Crippen molar-refractivity contribution in [1.29, 1.82) is 0 Å². The number of phenolic OH excluding ortho intramolecular Hbond substituents is 2. The van der Waals surface area contributed by atoms with Gasteiger partial charge >= 0.3 is 5.97 Å². The molecule has 15 unspecified atom stereocenters. The summed E-state index contributed by atoms with van der Waals surface area (Å²) in [6.45, 7) is -1.16. The highest BCUT2D eigenvalue weighted by Gasteiger charge is 2.55. The summed E-state index contributed by atoms with van der Waals surface area (Å²) < 4.78 is 35.6. The lowest BCUT2D eigenvalue weighted by atomic mass is 9.77. The molecule has 19 N–H and O–H groups in total. The topological polar surface area (TPSA) is 406 Å². The second-order valence-corrected chi connectivity index (χ2v) is 17.6. The fourth-order valence-corrected chi connectivity index (χ4v) is 9.56. The molecule has 2 saturated heterocycles. The number of hydrogen-bond acceptors (Lipinski definition) is 22. The van der Waals surface area contributed by atoms with E-state index in [4.69, 9.17) is 57.8 Å². The summed E-state index contributed by atoms with van der Waals surface area (Å²) in [5.41, 5.74) is 17.7. The number of thiocarbonyl (C=S) groups is 1.